The first-order valence-electron chi connectivity index (χ1n) is 1.93. The van der Waals surface area contributed by atoms with E-state index in [1.807, 2.05) is 0 Å². The maximum absolute atomic E-state index is 5.39. The van der Waals surface area contributed by atoms with Crippen LogP contribution in [0, 0.1) is 0 Å². The smallest absolute Gasteiger partial charge is 0.147 e. The van der Waals surface area contributed by atoms with Crippen LogP contribution in [0.15, 0.2) is 17.4 Å². The average molecular weight is 146 g/mol. The van der Waals surface area contributed by atoms with Gasteiger partial charge in [0.1, 0.15) is 5.15 Å². The fourth-order valence-corrected chi connectivity index (χ4v) is 0.503. The minimum atomic E-state index is 0.374. The first-order valence-corrected chi connectivity index (χ1v) is 2.72. The van der Waals surface area contributed by atoms with Gasteiger partial charge >= 0.3 is 0 Å². The van der Waals surface area contributed by atoms with Crippen molar-refractivity contribution in [1.82, 2.24) is 9.97 Å². The lowest BCUT2D eigenvalue weighted by atomic mass is 10.8. The van der Waals surface area contributed by atoms with Crippen LogP contribution in [0.25, 0.3) is 0 Å². The van der Waals surface area contributed by atoms with Crippen molar-refractivity contribution in [1.29, 1.82) is 0 Å². The minimum absolute atomic E-state index is 0.374. The van der Waals surface area contributed by atoms with Gasteiger partial charge in [-0.15, -0.1) is 0 Å². The zero-order valence-electron chi connectivity index (χ0n) is 3.84. The Hall–Kier alpha value is -0.410. The molecule has 0 N–H and O–H groups in total. The molecular formula is C4H2ClN2S-. The van der Waals surface area contributed by atoms with Gasteiger partial charge in [-0.1, -0.05) is 16.6 Å². The summed E-state index contributed by atoms with van der Waals surface area (Å²) in [5, 5.41) is 0.841. The second-order valence-corrected chi connectivity index (χ2v) is 1.98. The average Bonchev–Trinajstić information content (AvgIpc) is 1.77. The molecule has 0 aliphatic heterocycles. The van der Waals surface area contributed by atoms with Crippen LogP contribution in [-0.4, -0.2) is 9.97 Å². The third-order valence-electron chi connectivity index (χ3n) is 0.597. The first kappa shape index (κ1) is 5.72. The quantitative estimate of drug-likeness (QED) is 0.510. The van der Waals surface area contributed by atoms with E-state index in [1.54, 1.807) is 0 Å². The van der Waals surface area contributed by atoms with Crippen molar-refractivity contribution in [3.05, 3.63) is 17.5 Å². The Morgan fingerprint density at radius 2 is 2.12 bits per heavy atom. The monoisotopic (exact) mass is 145 g/mol. The Balaban J connectivity index is 3.03. The summed E-state index contributed by atoms with van der Waals surface area (Å²) in [5.41, 5.74) is 0. The first-order chi connectivity index (χ1) is 3.79. The summed E-state index contributed by atoms with van der Waals surface area (Å²) in [7, 11) is 0. The van der Waals surface area contributed by atoms with Crippen LogP contribution >= 0.6 is 11.6 Å². The van der Waals surface area contributed by atoms with Crippen molar-refractivity contribution >= 4 is 24.2 Å². The van der Waals surface area contributed by atoms with Crippen LogP contribution in [-0.2, 0) is 12.6 Å². The van der Waals surface area contributed by atoms with Gasteiger partial charge in [0, 0.05) is 6.20 Å². The summed E-state index contributed by atoms with van der Waals surface area (Å²) in [5.74, 6) is 0. The standard InChI is InChI=1S/C4H3ClN2S/c5-3-1-7-4(8)2-6-3/h1-2H,(H,7,8)/p-1. The largest absolute Gasteiger partial charge is 0.759 e. The van der Waals surface area contributed by atoms with Gasteiger partial charge in [0.15, 0.2) is 0 Å². The molecule has 0 fully saturated rings. The SMILES string of the molecule is [S-]c1cnc(Cl)cn1. The normalized spacial score (nSPS) is 9.12. The van der Waals surface area contributed by atoms with Crippen LogP contribution in [0.3, 0.4) is 0 Å². The van der Waals surface area contributed by atoms with Crippen molar-refractivity contribution in [3.63, 3.8) is 0 Å². The Bertz CT molecular complexity index is 153. The van der Waals surface area contributed by atoms with Gasteiger partial charge in [-0.3, -0.25) is 4.98 Å². The molecule has 1 aromatic heterocycles. The number of rotatable bonds is 0. The van der Waals surface area contributed by atoms with E-state index in [9.17, 15) is 0 Å². The molecule has 0 aromatic carbocycles. The third kappa shape index (κ3) is 1.28. The zero-order chi connectivity index (χ0) is 5.98. The molecule has 0 saturated heterocycles. The van der Waals surface area contributed by atoms with Crippen LogP contribution in [0.4, 0.5) is 0 Å². The fourth-order valence-electron chi connectivity index (χ4n) is 0.300. The molecule has 0 atom stereocenters. The van der Waals surface area contributed by atoms with Crippen molar-refractivity contribution in [2.45, 2.75) is 5.03 Å². The molecule has 0 saturated carbocycles. The Morgan fingerprint density at radius 1 is 1.38 bits per heavy atom. The molecule has 4 heteroatoms. The molecule has 0 amide bonds. The second-order valence-electron chi connectivity index (χ2n) is 1.18. The van der Waals surface area contributed by atoms with E-state index in [0.717, 1.165) is 0 Å². The van der Waals surface area contributed by atoms with E-state index in [0.29, 0.717) is 10.2 Å². The van der Waals surface area contributed by atoms with Crippen molar-refractivity contribution < 1.29 is 0 Å². The molecule has 8 heavy (non-hydrogen) atoms. The maximum Gasteiger partial charge on any atom is 0.147 e. The molecule has 1 heterocycles. The van der Waals surface area contributed by atoms with E-state index in [2.05, 4.69) is 22.6 Å². The van der Waals surface area contributed by atoms with Gasteiger partial charge in [-0.2, -0.15) is 0 Å². The van der Waals surface area contributed by atoms with Crippen LogP contribution in [0.1, 0.15) is 0 Å². The summed E-state index contributed by atoms with van der Waals surface area (Å²) in [6.07, 6.45) is 2.86. The van der Waals surface area contributed by atoms with Gasteiger partial charge in [0.25, 0.3) is 0 Å². The Kier molecular flexibility index (Phi) is 1.60. The molecule has 0 unspecified atom stereocenters. The zero-order valence-corrected chi connectivity index (χ0v) is 5.41. The fraction of sp³-hybridized carbons (Fsp3) is 0. The maximum atomic E-state index is 5.39. The molecule has 42 valence electrons. The Morgan fingerprint density at radius 3 is 2.50 bits per heavy atom. The highest BCUT2D eigenvalue weighted by molar-refractivity contribution is 7.58. The number of aromatic nitrogens is 2. The third-order valence-corrected chi connectivity index (χ3v) is 1.00. The van der Waals surface area contributed by atoms with Crippen LogP contribution in [0.2, 0.25) is 5.15 Å². The van der Waals surface area contributed by atoms with Crippen molar-refractivity contribution in [2.75, 3.05) is 0 Å². The van der Waals surface area contributed by atoms with Gasteiger partial charge in [0.05, 0.1) is 6.20 Å². The predicted octanol–water partition coefficient (Wildman–Crippen LogP) is 1.04. The molecule has 2 nitrogen and oxygen atoms in total. The van der Waals surface area contributed by atoms with Crippen LogP contribution in [0.5, 0.6) is 0 Å². The number of hydrogen-bond acceptors (Lipinski definition) is 3. The van der Waals surface area contributed by atoms with E-state index >= 15 is 0 Å². The van der Waals surface area contributed by atoms with E-state index in [-0.39, 0.29) is 0 Å². The van der Waals surface area contributed by atoms with Gasteiger partial charge < -0.3 is 12.6 Å². The second kappa shape index (κ2) is 2.24. The number of halogens is 1. The highest BCUT2D eigenvalue weighted by atomic mass is 35.5. The summed E-state index contributed by atoms with van der Waals surface area (Å²) in [6, 6.07) is 0. The van der Waals surface area contributed by atoms with E-state index in [4.69, 9.17) is 11.6 Å². The van der Waals surface area contributed by atoms with E-state index in [1.165, 1.54) is 12.4 Å². The molecule has 0 radical (unpaired) electrons. The minimum Gasteiger partial charge on any atom is -0.759 e. The summed E-state index contributed by atoms with van der Waals surface area (Å²) in [4.78, 5) is 7.38. The summed E-state index contributed by atoms with van der Waals surface area (Å²) < 4.78 is 0. The molecule has 1 rings (SSSR count). The van der Waals surface area contributed by atoms with Gasteiger partial charge in [-0.25, -0.2) is 4.98 Å². The molecule has 0 spiro atoms. The molecular weight excluding hydrogens is 144 g/mol. The summed E-state index contributed by atoms with van der Waals surface area (Å²) >= 11 is 10.0. The van der Waals surface area contributed by atoms with Crippen molar-refractivity contribution in [2.24, 2.45) is 0 Å². The van der Waals surface area contributed by atoms with Gasteiger partial charge in [-0.05, 0) is 0 Å². The molecule has 0 aliphatic carbocycles. The molecule has 0 bridgehead atoms. The van der Waals surface area contributed by atoms with Gasteiger partial charge in [0.2, 0.25) is 0 Å². The lowest BCUT2D eigenvalue weighted by Gasteiger charge is -1.98. The molecule has 1 aromatic rings. The highest BCUT2D eigenvalue weighted by Crippen LogP contribution is 1.99. The lowest BCUT2D eigenvalue weighted by Crippen LogP contribution is -1.80. The Labute approximate surface area is 57.3 Å². The number of nitrogens with zero attached hydrogens (tertiary/aromatic N) is 2. The lowest BCUT2D eigenvalue weighted by molar-refractivity contribution is 1.06. The summed E-state index contributed by atoms with van der Waals surface area (Å²) in [6.45, 7) is 0. The number of hydrogen-bond donors (Lipinski definition) is 0. The van der Waals surface area contributed by atoms with Crippen molar-refractivity contribution in [3.8, 4) is 0 Å². The highest BCUT2D eigenvalue weighted by Gasteiger charge is 1.80. The molecule has 0 aliphatic rings. The van der Waals surface area contributed by atoms with Crippen LogP contribution < -0.4 is 0 Å². The van der Waals surface area contributed by atoms with E-state index < -0.39 is 0 Å². The topological polar surface area (TPSA) is 25.8 Å². The predicted molar refractivity (Wildman–Crippen MR) is 32.7 cm³/mol.